The van der Waals surface area contributed by atoms with E-state index >= 15 is 0 Å². The summed E-state index contributed by atoms with van der Waals surface area (Å²) in [6, 6.07) is 15.4. The van der Waals surface area contributed by atoms with Crippen LogP contribution in [0.3, 0.4) is 0 Å². The highest BCUT2D eigenvalue weighted by molar-refractivity contribution is 6.05. The van der Waals surface area contributed by atoms with Crippen molar-refractivity contribution >= 4 is 33.2 Å². The van der Waals surface area contributed by atoms with E-state index in [2.05, 4.69) is 4.98 Å². The zero-order valence-corrected chi connectivity index (χ0v) is 16.9. The van der Waals surface area contributed by atoms with E-state index in [1.165, 1.54) is 0 Å². The van der Waals surface area contributed by atoms with Gasteiger partial charge in [0.25, 0.3) is 5.56 Å². The molecule has 0 aliphatic rings. The molecule has 0 saturated carbocycles. The lowest BCUT2D eigenvalue weighted by Gasteiger charge is -2.09. The zero-order valence-electron chi connectivity index (χ0n) is 16.9. The van der Waals surface area contributed by atoms with Gasteiger partial charge in [0.1, 0.15) is 16.7 Å². The van der Waals surface area contributed by atoms with Crippen LogP contribution in [0.2, 0.25) is 0 Å². The van der Waals surface area contributed by atoms with Gasteiger partial charge in [-0.3, -0.25) is 13.9 Å². The Bertz CT molecular complexity index is 1430. The fourth-order valence-corrected chi connectivity index (χ4v) is 3.77. The molecule has 0 amide bonds. The number of benzene rings is 2. The minimum Gasteiger partial charge on any atom is -0.494 e. The molecule has 0 fully saturated rings. The number of para-hydroxylation sites is 2. The van der Waals surface area contributed by atoms with E-state index in [0.29, 0.717) is 35.3 Å². The van der Waals surface area contributed by atoms with Gasteiger partial charge in [-0.05, 0) is 49.7 Å². The summed E-state index contributed by atoms with van der Waals surface area (Å²) >= 11 is 0. The molecule has 3 aromatic heterocycles. The number of nitrogens with zero attached hydrogens (tertiary/aromatic N) is 5. The van der Waals surface area contributed by atoms with Crippen molar-refractivity contribution in [3.05, 3.63) is 65.2 Å². The highest BCUT2D eigenvalue weighted by Gasteiger charge is 2.20. The molecule has 5 rings (SSSR count). The number of hydrogen-bond donors (Lipinski definition) is 0. The maximum atomic E-state index is 13.3. The molecule has 7 heteroatoms. The number of rotatable bonds is 5. The molecule has 7 nitrogen and oxygen atoms in total. The van der Waals surface area contributed by atoms with Crippen molar-refractivity contribution in [3.8, 4) is 11.4 Å². The fourth-order valence-electron chi connectivity index (χ4n) is 3.77. The van der Waals surface area contributed by atoms with Crippen molar-refractivity contribution in [1.82, 2.24) is 24.1 Å². The van der Waals surface area contributed by atoms with Gasteiger partial charge in [-0.25, -0.2) is 15.0 Å². The number of ether oxygens (including phenoxy) is 1. The van der Waals surface area contributed by atoms with Crippen molar-refractivity contribution < 1.29 is 4.74 Å². The van der Waals surface area contributed by atoms with E-state index in [0.717, 1.165) is 28.9 Å². The summed E-state index contributed by atoms with van der Waals surface area (Å²) in [5.74, 6) is 0.789. The lowest BCUT2D eigenvalue weighted by molar-refractivity contribution is 0.340. The third kappa shape index (κ3) is 2.82. The average Bonchev–Trinajstić information content (AvgIpc) is 3.09. The summed E-state index contributed by atoms with van der Waals surface area (Å²) < 4.78 is 9.11. The second-order valence-electron chi connectivity index (χ2n) is 7.09. The van der Waals surface area contributed by atoms with Crippen LogP contribution in [-0.2, 0) is 6.54 Å². The van der Waals surface area contributed by atoms with Gasteiger partial charge in [0.2, 0.25) is 0 Å². The molecule has 0 aliphatic carbocycles. The molecule has 2 aromatic carbocycles. The lowest BCUT2D eigenvalue weighted by atomic mass is 10.3. The molecule has 0 N–H and O–H groups in total. The highest BCUT2D eigenvalue weighted by atomic mass is 16.5. The Labute approximate surface area is 172 Å². The third-order valence-corrected chi connectivity index (χ3v) is 5.10. The predicted octanol–water partition coefficient (Wildman–Crippen LogP) is 4.09. The minimum atomic E-state index is -0.0962. The highest BCUT2D eigenvalue weighted by Crippen LogP contribution is 2.29. The van der Waals surface area contributed by atoms with Gasteiger partial charge in [-0.1, -0.05) is 19.1 Å². The zero-order chi connectivity index (χ0) is 20.7. The molecule has 5 aromatic rings. The summed E-state index contributed by atoms with van der Waals surface area (Å²) in [6.45, 7) is 5.20. The Balaban J connectivity index is 1.88. The SMILES string of the molecule is CCCn1cnc2c(c1=O)c1nc3ccccc3nc1n2-c1ccc(OCC)cc1. The van der Waals surface area contributed by atoms with Gasteiger partial charge in [-0.2, -0.15) is 0 Å². The number of hydrogen-bond acceptors (Lipinski definition) is 5. The number of fused-ring (bicyclic) bond motifs is 4. The maximum Gasteiger partial charge on any atom is 0.265 e. The largest absolute Gasteiger partial charge is 0.494 e. The summed E-state index contributed by atoms with van der Waals surface area (Å²) in [7, 11) is 0. The van der Waals surface area contributed by atoms with E-state index < -0.39 is 0 Å². The first-order valence-electron chi connectivity index (χ1n) is 10.1. The second-order valence-corrected chi connectivity index (χ2v) is 7.09. The molecule has 0 aliphatic heterocycles. The molecule has 3 heterocycles. The first-order chi connectivity index (χ1) is 14.7. The predicted molar refractivity (Wildman–Crippen MR) is 117 cm³/mol. The summed E-state index contributed by atoms with van der Waals surface area (Å²) in [5.41, 5.74) is 4.02. The smallest absolute Gasteiger partial charge is 0.265 e. The van der Waals surface area contributed by atoms with Crippen molar-refractivity contribution in [2.24, 2.45) is 0 Å². The molecule has 0 radical (unpaired) electrons. The van der Waals surface area contributed by atoms with E-state index in [4.69, 9.17) is 14.7 Å². The molecule has 0 bridgehead atoms. The number of aromatic nitrogens is 5. The standard InChI is InChI=1S/C23H21N5O2/c1-3-13-27-14-24-21-19(23(27)29)20-22(26-18-8-6-5-7-17(18)25-20)28(21)15-9-11-16(12-10-15)30-4-2/h5-12,14H,3-4,13H2,1-2H3. The van der Waals surface area contributed by atoms with Gasteiger partial charge in [0.05, 0.1) is 24.0 Å². The van der Waals surface area contributed by atoms with Gasteiger partial charge in [0, 0.05) is 12.2 Å². The Kier molecular flexibility index (Phi) is 4.43. The second kappa shape index (κ2) is 7.26. The van der Waals surface area contributed by atoms with Crippen LogP contribution >= 0.6 is 0 Å². The molecule has 0 unspecified atom stereocenters. The Morgan fingerprint density at radius 3 is 2.37 bits per heavy atom. The normalized spacial score (nSPS) is 11.5. The molecule has 0 saturated heterocycles. The van der Waals surface area contributed by atoms with Crippen LogP contribution in [0.15, 0.2) is 59.7 Å². The lowest BCUT2D eigenvalue weighted by Crippen LogP contribution is -2.20. The fraction of sp³-hybridized carbons (Fsp3) is 0.217. The third-order valence-electron chi connectivity index (χ3n) is 5.10. The Morgan fingerprint density at radius 1 is 0.933 bits per heavy atom. The maximum absolute atomic E-state index is 13.3. The van der Waals surface area contributed by atoms with Gasteiger partial charge >= 0.3 is 0 Å². The van der Waals surface area contributed by atoms with Gasteiger partial charge < -0.3 is 4.74 Å². The van der Waals surface area contributed by atoms with E-state index in [-0.39, 0.29) is 5.56 Å². The van der Waals surface area contributed by atoms with Crippen LogP contribution in [-0.4, -0.2) is 30.7 Å². The summed E-state index contributed by atoms with van der Waals surface area (Å²) in [6.07, 6.45) is 2.46. The Hall–Kier alpha value is -3.74. The van der Waals surface area contributed by atoms with Crippen LogP contribution in [0.5, 0.6) is 5.75 Å². The summed E-state index contributed by atoms with van der Waals surface area (Å²) in [4.78, 5) is 27.6. The van der Waals surface area contributed by atoms with Crippen molar-refractivity contribution in [1.29, 1.82) is 0 Å². The molecule has 30 heavy (non-hydrogen) atoms. The first kappa shape index (κ1) is 18.3. The Morgan fingerprint density at radius 2 is 1.67 bits per heavy atom. The van der Waals surface area contributed by atoms with Crippen LogP contribution in [0.1, 0.15) is 20.3 Å². The molecular weight excluding hydrogens is 378 g/mol. The summed E-state index contributed by atoms with van der Waals surface area (Å²) in [5, 5.41) is 0.494. The molecule has 150 valence electrons. The van der Waals surface area contributed by atoms with Gasteiger partial charge in [-0.15, -0.1) is 0 Å². The first-order valence-corrected chi connectivity index (χ1v) is 10.1. The molecular formula is C23H21N5O2. The quantitative estimate of drug-likeness (QED) is 0.445. The molecule has 0 spiro atoms. The van der Waals surface area contributed by atoms with Crippen molar-refractivity contribution in [2.75, 3.05) is 6.61 Å². The topological polar surface area (TPSA) is 74.8 Å². The van der Waals surface area contributed by atoms with E-state index in [1.807, 2.05) is 66.9 Å². The van der Waals surface area contributed by atoms with Crippen LogP contribution < -0.4 is 10.3 Å². The van der Waals surface area contributed by atoms with Crippen LogP contribution in [0, 0.1) is 0 Å². The monoisotopic (exact) mass is 399 g/mol. The van der Waals surface area contributed by atoms with Crippen molar-refractivity contribution in [3.63, 3.8) is 0 Å². The van der Waals surface area contributed by atoms with Crippen LogP contribution in [0.25, 0.3) is 38.9 Å². The number of aryl methyl sites for hydroxylation is 1. The van der Waals surface area contributed by atoms with Crippen molar-refractivity contribution in [2.45, 2.75) is 26.8 Å². The average molecular weight is 399 g/mol. The van der Waals surface area contributed by atoms with Gasteiger partial charge in [0.15, 0.2) is 11.3 Å². The van der Waals surface area contributed by atoms with Crippen LogP contribution in [0.4, 0.5) is 0 Å². The molecule has 0 atom stereocenters. The van der Waals surface area contributed by atoms with E-state index in [1.54, 1.807) is 10.9 Å². The minimum absolute atomic E-state index is 0.0962. The van der Waals surface area contributed by atoms with E-state index in [9.17, 15) is 4.79 Å².